The van der Waals surface area contributed by atoms with Crippen molar-refractivity contribution < 1.29 is 4.39 Å². The third-order valence-electron chi connectivity index (χ3n) is 1.59. The number of nitrogen functional groups attached to an aromatic ring is 1. The van der Waals surface area contributed by atoms with Gasteiger partial charge in [-0.15, -0.1) is 0 Å². The first-order chi connectivity index (χ1) is 4.63. The van der Waals surface area contributed by atoms with Crippen LogP contribution >= 0.6 is 0 Å². The fourth-order valence-electron chi connectivity index (χ4n) is 0.798. The molecule has 2 N–H and O–H groups in total. The summed E-state index contributed by atoms with van der Waals surface area (Å²) >= 11 is 0. The van der Waals surface area contributed by atoms with Crippen molar-refractivity contribution >= 4 is 19.0 Å². The lowest BCUT2D eigenvalue weighted by atomic mass is 9.93. The second kappa shape index (κ2) is 2.33. The van der Waals surface area contributed by atoms with E-state index >= 15 is 0 Å². The maximum Gasteiger partial charge on any atom is 0.148 e. The molecule has 0 aromatic heterocycles. The van der Waals surface area contributed by atoms with E-state index in [1.165, 1.54) is 0 Å². The quantitative estimate of drug-likeness (QED) is 0.394. The van der Waals surface area contributed by atoms with E-state index in [2.05, 4.69) is 0 Å². The predicted molar refractivity (Wildman–Crippen MR) is 43.7 cm³/mol. The Hall–Kier alpha value is -0.985. The normalized spacial score (nSPS) is 9.80. The molecule has 0 heterocycles. The summed E-state index contributed by atoms with van der Waals surface area (Å²) in [5.41, 5.74) is 7.07. The van der Waals surface area contributed by atoms with E-state index < -0.39 is 0 Å². The third kappa shape index (κ3) is 0.990. The van der Waals surface area contributed by atoms with E-state index in [0.29, 0.717) is 5.56 Å². The van der Waals surface area contributed by atoms with Crippen LogP contribution < -0.4 is 11.2 Å². The van der Waals surface area contributed by atoms with E-state index in [-0.39, 0.29) is 11.5 Å². The summed E-state index contributed by atoms with van der Waals surface area (Å²) in [6.07, 6.45) is 0. The summed E-state index contributed by atoms with van der Waals surface area (Å²) in [6, 6.07) is 3.54. The van der Waals surface area contributed by atoms with Gasteiger partial charge in [0.2, 0.25) is 0 Å². The topological polar surface area (TPSA) is 26.0 Å². The zero-order valence-electron chi connectivity index (χ0n) is 6.11. The van der Waals surface area contributed by atoms with Crippen molar-refractivity contribution in [1.82, 2.24) is 0 Å². The Morgan fingerprint density at radius 1 is 1.50 bits per heavy atom. The fraction of sp³-hybridized carbons (Fsp3) is 0.143. The number of benzene rings is 1. The maximum atomic E-state index is 12.9. The van der Waals surface area contributed by atoms with E-state index in [4.69, 9.17) is 5.73 Å². The second-order valence-electron chi connectivity index (χ2n) is 2.43. The Morgan fingerprint density at radius 2 is 2.10 bits per heavy atom. The van der Waals surface area contributed by atoms with Gasteiger partial charge < -0.3 is 5.73 Å². The number of nitrogens with two attached hydrogens (primary N) is 1. The molecule has 0 radical (unpaired) electrons. The molecular weight excluding hydrogens is 128 g/mol. The van der Waals surface area contributed by atoms with Gasteiger partial charge in [0.15, 0.2) is 0 Å². The molecule has 1 aromatic rings. The van der Waals surface area contributed by atoms with Crippen molar-refractivity contribution in [1.29, 1.82) is 0 Å². The standard InChI is InChI=1S/C7H9BFN/c1-4-2-3-5(8)7(10)6(4)9/h2-3H,8,10H2,1H3. The van der Waals surface area contributed by atoms with Crippen molar-refractivity contribution in [3.05, 3.63) is 23.5 Å². The lowest BCUT2D eigenvalue weighted by Crippen LogP contribution is -2.12. The first-order valence-corrected chi connectivity index (χ1v) is 3.14. The molecule has 0 saturated heterocycles. The SMILES string of the molecule is Bc1ccc(C)c(F)c1N. The van der Waals surface area contributed by atoms with Gasteiger partial charge in [-0.05, 0) is 12.5 Å². The van der Waals surface area contributed by atoms with Crippen molar-refractivity contribution in [2.24, 2.45) is 0 Å². The van der Waals surface area contributed by atoms with Gasteiger partial charge in [-0.2, -0.15) is 0 Å². The first-order valence-electron chi connectivity index (χ1n) is 3.14. The van der Waals surface area contributed by atoms with Crippen LogP contribution in [0, 0.1) is 12.7 Å². The Morgan fingerprint density at radius 3 is 2.60 bits per heavy atom. The van der Waals surface area contributed by atoms with E-state index in [1.807, 2.05) is 6.07 Å². The molecule has 52 valence electrons. The van der Waals surface area contributed by atoms with Gasteiger partial charge in [0.25, 0.3) is 0 Å². The third-order valence-corrected chi connectivity index (χ3v) is 1.59. The number of hydrogen-bond donors (Lipinski definition) is 1. The van der Waals surface area contributed by atoms with Gasteiger partial charge in [-0.25, -0.2) is 4.39 Å². The van der Waals surface area contributed by atoms with Crippen LogP contribution in [-0.4, -0.2) is 7.85 Å². The summed E-state index contributed by atoms with van der Waals surface area (Å²) in [5.74, 6) is -0.292. The highest BCUT2D eigenvalue weighted by atomic mass is 19.1. The van der Waals surface area contributed by atoms with E-state index in [1.54, 1.807) is 20.8 Å². The molecule has 1 rings (SSSR count). The zero-order valence-corrected chi connectivity index (χ0v) is 6.11. The molecule has 1 nitrogen and oxygen atoms in total. The minimum Gasteiger partial charge on any atom is -0.397 e. The van der Waals surface area contributed by atoms with Gasteiger partial charge in [0, 0.05) is 0 Å². The summed E-state index contributed by atoms with van der Waals surface area (Å²) in [6.45, 7) is 1.70. The van der Waals surface area contributed by atoms with Gasteiger partial charge >= 0.3 is 0 Å². The zero-order chi connectivity index (χ0) is 7.72. The molecule has 0 aliphatic heterocycles. The maximum absolute atomic E-state index is 12.9. The number of aryl methyl sites for hydroxylation is 1. The van der Waals surface area contributed by atoms with Gasteiger partial charge in [-0.1, -0.05) is 17.6 Å². The predicted octanol–water partition coefficient (Wildman–Crippen LogP) is -0.0253. The number of hydrogen-bond acceptors (Lipinski definition) is 1. The molecule has 3 heteroatoms. The largest absolute Gasteiger partial charge is 0.397 e. The molecule has 0 amide bonds. The molecule has 0 atom stereocenters. The van der Waals surface area contributed by atoms with Gasteiger partial charge in [-0.3, -0.25) is 0 Å². The van der Waals surface area contributed by atoms with Crippen LogP contribution in [0.25, 0.3) is 0 Å². The molecule has 0 fully saturated rings. The second-order valence-corrected chi connectivity index (χ2v) is 2.43. The van der Waals surface area contributed by atoms with Crippen molar-refractivity contribution in [3.8, 4) is 0 Å². The van der Waals surface area contributed by atoms with Crippen molar-refractivity contribution in [2.45, 2.75) is 6.92 Å². The van der Waals surface area contributed by atoms with Crippen LogP contribution in [-0.2, 0) is 0 Å². The van der Waals surface area contributed by atoms with E-state index in [0.717, 1.165) is 5.46 Å². The monoisotopic (exact) mass is 137 g/mol. The minimum atomic E-state index is -0.292. The minimum absolute atomic E-state index is 0.264. The average molecular weight is 137 g/mol. The molecule has 1 aromatic carbocycles. The molecule has 0 bridgehead atoms. The smallest absolute Gasteiger partial charge is 0.148 e. The molecule has 0 unspecified atom stereocenters. The average Bonchev–Trinajstić information content (AvgIpc) is 1.93. The van der Waals surface area contributed by atoms with Gasteiger partial charge in [0.05, 0.1) is 5.69 Å². The van der Waals surface area contributed by atoms with Crippen LogP contribution in [0.5, 0.6) is 0 Å². The summed E-state index contributed by atoms with van der Waals surface area (Å²) < 4.78 is 12.9. The Kier molecular flexibility index (Phi) is 1.66. The summed E-state index contributed by atoms with van der Waals surface area (Å²) in [7, 11) is 1.79. The number of anilines is 1. The molecule has 0 aliphatic carbocycles. The molecular formula is C7H9BFN. The Balaban J connectivity index is 3.34. The van der Waals surface area contributed by atoms with E-state index in [9.17, 15) is 4.39 Å². The van der Waals surface area contributed by atoms with Crippen molar-refractivity contribution in [2.75, 3.05) is 5.73 Å². The van der Waals surface area contributed by atoms with Crippen molar-refractivity contribution in [3.63, 3.8) is 0 Å². The van der Waals surface area contributed by atoms with Crippen LogP contribution in [0.4, 0.5) is 10.1 Å². The Labute approximate surface area is 60.5 Å². The lowest BCUT2D eigenvalue weighted by Gasteiger charge is -2.02. The first kappa shape index (κ1) is 7.13. The number of halogens is 1. The van der Waals surface area contributed by atoms with Crippen LogP contribution in [0.3, 0.4) is 0 Å². The van der Waals surface area contributed by atoms with Gasteiger partial charge in [0.1, 0.15) is 13.7 Å². The highest BCUT2D eigenvalue weighted by Crippen LogP contribution is 2.09. The lowest BCUT2D eigenvalue weighted by molar-refractivity contribution is 0.624. The van der Waals surface area contributed by atoms with Crippen LogP contribution in [0.1, 0.15) is 5.56 Å². The molecule has 0 spiro atoms. The molecule has 10 heavy (non-hydrogen) atoms. The van der Waals surface area contributed by atoms with Crippen LogP contribution in [0.15, 0.2) is 12.1 Å². The summed E-state index contributed by atoms with van der Waals surface area (Å²) in [5, 5.41) is 0. The Bertz CT molecular complexity index is 233. The molecule has 0 saturated carbocycles. The van der Waals surface area contributed by atoms with Crippen LogP contribution in [0.2, 0.25) is 0 Å². The highest BCUT2D eigenvalue weighted by Gasteiger charge is 2.02. The fourth-order valence-corrected chi connectivity index (χ4v) is 0.798. The molecule has 0 aliphatic rings. The number of rotatable bonds is 0. The highest BCUT2D eigenvalue weighted by molar-refractivity contribution is 6.35. The summed E-state index contributed by atoms with van der Waals surface area (Å²) in [4.78, 5) is 0.